The van der Waals surface area contributed by atoms with Crippen LogP contribution < -0.4 is 15.2 Å². The van der Waals surface area contributed by atoms with Gasteiger partial charge in [0, 0.05) is 42.9 Å². The van der Waals surface area contributed by atoms with Gasteiger partial charge in [0.15, 0.2) is 0 Å². The molecule has 1 aromatic heterocycles. The fourth-order valence-corrected chi connectivity index (χ4v) is 2.69. The number of nitrogens with two attached hydrogens (primary N) is 1. The van der Waals surface area contributed by atoms with Crippen molar-refractivity contribution in [2.24, 2.45) is 12.8 Å². The molecule has 1 unspecified atom stereocenters. The highest BCUT2D eigenvalue weighted by atomic mass is 16.5. The summed E-state index contributed by atoms with van der Waals surface area (Å²) in [5.74, 6) is 1.60. The second-order valence-corrected chi connectivity index (χ2v) is 6.18. The van der Waals surface area contributed by atoms with Crippen LogP contribution in [0.2, 0.25) is 0 Å². The van der Waals surface area contributed by atoms with Gasteiger partial charge in [0.05, 0.1) is 6.20 Å². The Morgan fingerprint density at radius 3 is 3.00 bits per heavy atom. The number of ether oxygens (including phenoxy) is 2. The normalized spacial score (nSPS) is 19.7. The van der Waals surface area contributed by atoms with E-state index in [1.165, 1.54) is 0 Å². The molecule has 0 radical (unpaired) electrons. The van der Waals surface area contributed by atoms with Gasteiger partial charge in [0.1, 0.15) is 23.7 Å². The van der Waals surface area contributed by atoms with Crippen LogP contribution in [0.15, 0.2) is 30.6 Å². The Balaban J connectivity index is 1.76. The average molecular weight is 287 g/mol. The molecule has 5 nitrogen and oxygen atoms in total. The van der Waals surface area contributed by atoms with E-state index >= 15 is 0 Å². The molecule has 3 rings (SSSR count). The van der Waals surface area contributed by atoms with Crippen molar-refractivity contribution in [3.05, 3.63) is 41.7 Å². The van der Waals surface area contributed by atoms with Crippen molar-refractivity contribution in [2.45, 2.75) is 38.5 Å². The van der Waals surface area contributed by atoms with Gasteiger partial charge >= 0.3 is 0 Å². The van der Waals surface area contributed by atoms with Crippen LogP contribution in [-0.4, -0.2) is 15.4 Å². The van der Waals surface area contributed by atoms with E-state index in [1.807, 2.05) is 31.4 Å². The molecule has 5 heteroatoms. The minimum atomic E-state index is -0.242. The molecule has 1 aliphatic heterocycles. The summed E-state index contributed by atoms with van der Waals surface area (Å²) in [6.45, 7) is 4.60. The summed E-state index contributed by atoms with van der Waals surface area (Å²) in [6, 6.07) is 5.87. The fraction of sp³-hybridized carbons (Fsp3) is 0.438. The SMILES string of the molecule is Cn1cc(COc2ccc3c(c2)OC(C)(C)CC3N)cn1. The summed E-state index contributed by atoms with van der Waals surface area (Å²) in [4.78, 5) is 0. The number of fused-ring (bicyclic) bond motifs is 1. The number of aromatic nitrogens is 2. The van der Waals surface area contributed by atoms with Gasteiger partial charge in [-0.05, 0) is 19.9 Å². The van der Waals surface area contributed by atoms with Crippen LogP contribution in [0.5, 0.6) is 11.5 Å². The van der Waals surface area contributed by atoms with Gasteiger partial charge in [0.25, 0.3) is 0 Å². The third-order valence-electron chi connectivity index (χ3n) is 3.65. The maximum atomic E-state index is 6.21. The maximum Gasteiger partial charge on any atom is 0.128 e. The topological polar surface area (TPSA) is 62.3 Å². The molecule has 21 heavy (non-hydrogen) atoms. The summed E-state index contributed by atoms with van der Waals surface area (Å²) < 4.78 is 13.6. The zero-order valence-electron chi connectivity index (χ0n) is 12.7. The maximum absolute atomic E-state index is 6.21. The first-order chi connectivity index (χ1) is 9.93. The molecule has 1 atom stereocenters. The molecular formula is C16H21N3O2. The highest BCUT2D eigenvalue weighted by molar-refractivity contribution is 5.44. The largest absolute Gasteiger partial charge is 0.489 e. The molecule has 2 N–H and O–H groups in total. The van der Waals surface area contributed by atoms with Crippen molar-refractivity contribution in [2.75, 3.05) is 0 Å². The molecule has 0 bridgehead atoms. The van der Waals surface area contributed by atoms with E-state index in [0.717, 1.165) is 29.0 Å². The smallest absolute Gasteiger partial charge is 0.128 e. The van der Waals surface area contributed by atoms with Crippen LogP contribution in [0.4, 0.5) is 0 Å². The van der Waals surface area contributed by atoms with E-state index in [9.17, 15) is 0 Å². The Morgan fingerprint density at radius 2 is 2.29 bits per heavy atom. The molecule has 1 aliphatic rings. The number of aryl methyl sites for hydroxylation is 1. The lowest BCUT2D eigenvalue weighted by Crippen LogP contribution is -2.37. The minimum absolute atomic E-state index is 0.0103. The second-order valence-electron chi connectivity index (χ2n) is 6.18. The van der Waals surface area contributed by atoms with Gasteiger partial charge in [0.2, 0.25) is 0 Å². The number of benzene rings is 1. The van der Waals surface area contributed by atoms with Crippen molar-refractivity contribution in [3.8, 4) is 11.5 Å². The lowest BCUT2D eigenvalue weighted by Gasteiger charge is -2.36. The second kappa shape index (κ2) is 5.07. The standard InChI is InChI=1S/C16H21N3O2/c1-16(2)7-14(17)13-5-4-12(6-15(13)21-16)20-10-11-8-18-19(3)9-11/h4-6,8-9,14H,7,10,17H2,1-3H3. The van der Waals surface area contributed by atoms with Gasteiger partial charge < -0.3 is 15.2 Å². The van der Waals surface area contributed by atoms with Gasteiger partial charge in [-0.15, -0.1) is 0 Å². The van der Waals surface area contributed by atoms with Gasteiger partial charge in [-0.3, -0.25) is 4.68 Å². The quantitative estimate of drug-likeness (QED) is 0.942. The van der Waals surface area contributed by atoms with Crippen molar-refractivity contribution < 1.29 is 9.47 Å². The molecule has 2 heterocycles. The molecular weight excluding hydrogens is 266 g/mol. The third-order valence-corrected chi connectivity index (χ3v) is 3.65. The number of rotatable bonds is 3. The first-order valence-corrected chi connectivity index (χ1v) is 7.12. The number of hydrogen-bond acceptors (Lipinski definition) is 4. The zero-order chi connectivity index (χ0) is 15.0. The fourth-order valence-electron chi connectivity index (χ4n) is 2.69. The van der Waals surface area contributed by atoms with Crippen molar-refractivity contribution in [3.63, 3.8) is 0 Å². The van der Waals surface area contributed by atoms with Gasteiger partial charge in [-0.1, -0.05) is 6.07 Å². The molecule has 0 aliphatic carbocycles. The van der Waals surface area contributed by atoms with Gasteiger partial charge in [-0.25, -0.2) is 0 Å². The molecule has 0 saturated carbocycles. The van der Waals surface area contributed by atoms with E-state index < -0.39 is 0 Å². The molecule has 0 saturated heterocycles. The van der Waals surface area contributed by atoms with Crippen LogP contribution in [0, 0.1) is 0 Å². The molecule has 1 aromatic carbocycles. The van der Waals surface area contributed by atoms with Crippen LogP contribution in [-0.2, 0) is 13.7 Å². The summed E-state index contributed by atoms with van der Waals surface area (Å²) in [6.07, 6.45) is 4.55. The Labute approximate surface area is 124 Å². The Bertz CT molecular complexity index is 649. The first kappa shape index (κ1) is 13.9. The summed E-state index contributed by atoms with van der Waals surface area (Å²) >= 11 is 0. The highest BCUT2D eigenvalue weighted by Crippen LogP contribution is 2.40. The Hall–Kier alpha value is -2.01. The van der Waals surface area contributed by atoms with Crippen molar-refractivity contribution >= 4 is 0 Å². The van der Waals surface area contributed by atoms with E-state index in [1.54, 1.807) is 10.9 Å². The number of hydrogen-bond donors (Lipinski definition) is 1. The van der Waals surface area contributed by atoms with Gasteiger partial charge in [-0.2, -0.15) is 5.10 Å². The van der Waals surface area contributed by atoms with Crippen molar-refractivity contribution in [1.82, 2.24) is 9.78 Å². The van der Waals surface area contributed by atoms with Crippen molar-refractivity contribution in [1.29, 1.82) is 0 Å². The Kier molecular flexibility index (Phi) is 3.37. The molecule has 112 valence electrons. The predicted molar refractivity (Wildman–Crippen MR) is 80.2 cm³/mol. The average Bonchev–Trinajstić information content (AvgIpc) is 2.80. The van der Waals surface area contributed by atoms with E-state index in [2.05, 4.69) is 18.9 Å². The predicted octanol–water partition coefficient (Wildman–Crippen LogP) is 2.56. The van der Waals surface area contributed by atoms with Crippen LogP contribution in [0.1, 0.15) is 37.4 Å². The van der Waals surface area contributed by atoms with E-state index in [4.69, 9.17) is 15.2 Å². The first-order valence-electron chi connectivity index (χ1n) is 7.12. The highest BCUT2D eigenvalue weighted by Gasteiger charge is 2.31. The lowest BCUT2D eigenvalue weighted by molar-refractivity contribution is 0.0724. The number of nitrogens with zero attached hydrogens (tertiary/aromatic N) is 2. The van der Waals surface area contributed by atoms with Crippen LogP contribution in [0.3, 0.4) is 0 Å². The molecule has 2 aromatic rings. The van der Waals surface area contributed by atoms with E-state index in [0.29, 0.717) is 6.61 Å². The Morgan fingerprint density at radius 1 is 1.48 bits per heavy atom. The minimum Gasteiger partial charge on any atom is -0.489 e. The lowest BCUT2D eigenvalue weighted by atomic mass is 9.90. The van der Waals surface area contributed by atoms with Crippen LogP contribution >= 0.6 is 0 Å². The molecule has 0 amide bonds. The summed E-state index contributed by atoms with van der Waals surface area (Å²) in [5.41, 5.74) is 8.05. The molecule has 0 spiro atoms. The van der Waals surface area contributed by atoms with E-state index in [-0.39, 0.29) is 11.6 Å². The monoisotopic (exact) mass is 287 g/mol. The third kappa shape index (κ3) is 3.03. The zero-order valence-corrected chi connectivity index (χ0v) is 12.7. The summed E-state index contributed by atoms with van der Waals surface area (Å²) in [5, 5.41) is 4.12. The summed E-state index contributed by atoms with van der Waals surface area (Å²) in [7, 11) is 1.89. The van der Waals surface area contributed by atoms with Crippen LogP contribution in [0.25, 0.3) is 0 Å². The molecule has 0 fully saturated rings.